The molecule has 1 aromatic carbocycles. The molecule has 0 aliphatic carbocycles. The Morgan fingerprint density at radius 3 is 2.00 bits per heavy atom. The Morgan fingerprint density at radius 2 is 1.43 bits per heavy atom. The van der Waals surface area contributed by atoms with Gasteiger partial charge in [-0.25, -0.2) is 4.79 Å². The second kappa shape index (κ2) is 13.4. The fourth-order valence-electron chi connectivity index (χ4n) is 3.13. The molecule has 0 spiro atoms. The third-order valence-corrected chi connectivity index (χ3v) is 4.64. The van der Waals surface area contributed by atoms with Crippen molar-refractivity contribution in [2.24, 2.45) is 0 Å². The molecule has 28 heavy (non-hydrogen) atoms. The summed E-state index contributed by atoms with van der Waals surface area (Å²) in [5.41, 5.74) is 1.38. The van der Waals surface area contributed by atoms with Gasteiger partial charge in [0.2, 0.25) is 0 Å². The average molecular weight is 391 g/mol. The van der Waals surface area contributed by atoms with Crippen LogP contribution in [0.2, 0.25) is 0 Å². The summed E-state index contributed by atoms with van der Waals surface area (Å²) in [5.74, 6) is -0.349. The van der Waals surface area contributed by atoms with Crippen molar-refractivity contribution in [2.45, 2.75) is 97.0 Å². The van der Waals surface area contributed by atoms with Crippen LogP contribution < -0.4 is 0 Å². The number of hydrogen-bond donors (Lipinski definition) is 0. The average Bonchev–Trinajstić information content (AvgIpc) is 2.64. The summed E-state index contributed by atoms with van der Waals surface area (Å²) >= 11 is 0. The third-order valence-electron chi connectivity index (χ3n) is 4.64. The molecule has 1 aromatic rings. The zero-order chi connectivity index (χ0) is 20.8. The van der Waals surface area contributed by atoms with E-state index in [0.717, 1.165) is 25.7 Å². The van der Waals surface area contributed by atoms with Crippen LogP contribution in [-0.2, 0) is 20.7 Å². The van der Waals surface area contributed by atoms with Gasteiger partial charge in [-0.05, 0) is 57.7 Å². The molecule has 0 amide bonds. The molecule has 4 nitrogen and oxygen atoms in total. The predicted molar refractivity (Wildman–Crippen MR) is 114 cm³/mol. The minimum atomic E-state index is -0.464. The molecule has 0 aliphatic rings. The lowest BCUT2D eigenvalue weighted by Crippen LogP contribution is -2.23. The molecule has 1 rings (SSSR count). The number of esters is 2. The van der Waals surface area contributed by atoms with Crippen LogP contribution in [0.3, 0.4) is 0 Å². The minimum Gasteiger partial charge on any atom is -0.469 e. The molecule has 0 saturated heterocycles. The summed E-state index contributed by atoms with van der Waals surface area (Å²) in [6.45, 7) is 5.66. The maximum absolute atomic E-state index is 12.2. The molecule has 0 atom stereocenters. The number of carbonyl (C=O) groups excluding carboxylic acids is 2. The van der Waals surface area contributed by atoms with Gasteiger partial charge in [0.05, 0.1) is 12.7 Å². The number of unbranched alkanes of at least 4 members (excludes halogenated alkanes) is 8. The van der Waals surface area contributed by atoms with E-state index < -0.39 is 5.60 Å². The molecule has 0 saturated carbocycles. The highest BCUT2D eigenvalue weighted by Crippen LogP contribution is 2.16. The fourth-order valence-corrected chi connectivity index (χ4v) is 3.13. The molecule has 0 aliphatic heterocycles. The first-order valence-electron chi connectivity index (χ1n) is 10.7. The van der Waals surface area contributed by atoms with Crippen LogP contribution in [0.1, 0.15) is 101 Å². The minimum absolute atomic E-state index is 0.100. The summed E-state index contributed by atoms with van der Waals surface area (Å²) in [6.07, 6.45) is 12.2. The summed E-state index contributed by atoms with van der Waals surface area (Å²) < 4.78 is 10.1. The van der Waals surface area contributed by atoms with Crippen LogP contribution in [0, 0.1) is 0 Å². The van der Waals surface area contributed by atoms with Crippen molar-refractivity contribution >= 4 is 11.9 Å². The van der Waals surface area contributed by atoms with E-state index in [4.69, 9.17) is 4.74 Å². The monoisotopic (exact) mass is 390 g/mol. The van der Waals surface area contributed by atoms with E-state index >= 15 is 0 Å². The molecule has 0 aromatic heterocycles. The maximum atomic E-state index is 12.2. The van der Waals surface area contributed by atoms with Crippen molar-refractivity contribution in [1.29, 1.82) is 0 Å². The normalized spacial score (nSPS) is 11.3. The molecule has 0 unspecified atom stereocenters. The highest BCUT2D eigenvalue weighted by molar-refractivity contribution is 5.89. The van der Waals surface area contributed by atoms with Crippen molar-refractivity contribution in [3.05, 3.63) is 35.4 Å². The third kappa shape index (κ3) is 11.8. The molecule has 0 N–H and O–H groups in total. The van der Waals surface area contributed by atoms with Gasteiger partial charge in [0, 0.05) is 6.42 Å². The Balaban J connectivity index is 2.10. The van der Waals surface area contributed by atoms with Crippen molar-refractivity contribution in [3.63, 3.8) is 0 Å². The first kappa shape index (κ1) is 24.2. The Kier molecular flexibility index (Phi) is 11.5. The molecular formula is C24H38O4. The Hall–Kier alpha value is -1.84. The van der Waals surface area contributed by atoms with Gasteiger partial charge >= 0.3 is 11.9 Å². The van der Waals surface area contributed by atoms with E-state index in [0.29, 0.717) is 12.0 Å². The first-order valence-corrected chi connectivity index (χ1v) is 10.7. The topological polar surface area (TPSA) is 52.6 Å². The highest BCUT2D eigenvalue weighted by atomic mass is 16.6. The molecule has 158 valence electrons. The molecule has 4 heteroatoms. The van der Waals surface area contributed by atoms with Gasteiger partial charge in [-0.1, -0.05) is 57.1 Å². The number of benzene rings is 1. The lowest BCUT2D eigenvalue weighted by Gasteiger charge is -2.19. The van der Waals surface area contributed by atoms with E-state index in [1.54, 1.807) is 0 Å². The number of hydrogen-bond acceptors (Lipinski definition) is 4. The SMILES string of the molecule is COC(=O)CCCCCCCCCCCc1cccc(C(=O)OC(C)(C)C)c1. The second-order valence-corrected chi connectivity index (χ2v) is 8.46. The van der Waals surface area contributed by atoms with E-state index in [2.05, 4.69) is 10.8 Å². The van der Waals surface area contributed by atoms with Crippen LogP contribution in [0.5, 0.6) is 0 Å². The lowest BCUT2D eigenvalue weighted by molar-refractivity contribution is -0.140. The van der Waals surface area contributed by atoms with Crippen molar-refractivity contribution in [2.75, 3.05) is 7.11 Å². The quantitative estimate of drug-likeness (QED) is 0.295. The fraction of sp³-hybridized carbons (Fsp3) is 0.667. The Bertz CT molecular complexity index is 587. The smallest absolute Gasteiger partial charge is 0.338 e. The van der Waals surface area contributed by atoms with Crippen molar-refractivity contribution in [1.82, 2.24) is 0 Å². The van der Waals surface area contributed by atoms with Gasteiger partial charge in [-0.15, -0.1) is 0 Å². The first-order chi connectivity index (χ1) is 13.3. The summed E-state index contributed by atoms with van der Waals surface area (Å²) in [6, 6.07) is 7.81. The lowest BCUT2D eigenvalue weighted by atomic mass is 10.0. The van der Waals surface area contributed by atoms with Gasteiger partial charge in [-0.3, -0.25) is 4.79 Å². The zero-order valence-electron chi connectivity index (χ0n) is 18.2. The molecular weight excluding hydrogens is 352 g/mol. The number of aryl methyl sites for hydroxylation is 1. The summed E-state index contributed by atoms with van der Waals surface area (Å²) in [7, 11) is 1.44. The molecule has 0 bridgehead atoms. The zero-order valence-corrected chi connectivity index (χ0v) is 18.2. The maximum Gasteiger partial charge on any atom is 0.338 e. The van der Waals surface area contributed by atoms with E-state index in [1.165, 1.54) is 51.2 Å². The number of ether oxygens (including phenoxy) is 2. The predicted octanol–water partition coefficient (Wildman–Crippen LogP) is 6.26. The van der Waals surface area contributed by atoms with Gasteiger partial charge in [0.25, 0.3) is 0 Å². The van der Waals surface area contributed by atoms with Crippen LogP contribution in [-0.4, -0.2) is 24.6 Å². The van der Waals surface area contributed by atoms with E-state index in [9.17, 15) is 9.59 Å². The summed E-state index contributed by atoms with van der Waals surface area (Å²) in [4.78, 5) is 23.2. The van der Waals surface area contributed by atoms with Crippen LogP contribution in [0.25, 0.3) is 0 Å². The van der Waals surface area contributed by atoms with E-state index in [-0.39, 0.29) is 11.9 Å². The molecule has 0 fully saturated rings. The van der Waals surface area contributed by atoms with Crippen molar-refractivity contribution in [3.8, 4) is 0 Å². The Labute approximate surface area is 171 Å². The standard InChI is InChI=1S/C24H38O4/c1-24(2,3)28-23(26)21-17-14-16-20(19-21)15-12-10-8-6-5-7-9-11-13-18-22(25)27-4/h14,16-17,19H,5-13,15,18H2,1-4H3. The number of rotatable bonds is 13. The number of methoxy groups -OCH3 is 1. The molecule has 0 radical (unpaired) electrons. The summed E-state index contributed by atoms with van der Waals surface area (Å²) in [5, 5.41) is 0. The van der Waals surface area contributed by atoms with Gasteiger partial charge in [0.1, 0.15) is 5.60 Å². The Morgan fingerprint density at radius 1 is 0.857 bits per heavy atom. The second-order valence-electron chi connectivity index (χ2n) is 8.46. The van der Waals surface area contributed by atoms with Gasteiger partial charge in [0.15, 0.2) is 0 Å². The number of carbonyl (C=O) groups is 2. The van der Waals surface area contributed by atoms with Crippen LogP contribution >= 0.6 is 0 Å². The van der Waals surface area contributed by atoms with Crippen molar-refractivity contribution < 1.29 is 19.1 Å². The largest absolute Gasteiger partial charge is 0.469 e. The van der Waals surface area contributed by atoms with E-state index in [1.807, 2.05) is 39.0 Å². The highest BCUT2D eigenvalue weighted by Gasteiger charge is 2.17. The van der Waals surface area contributed by atoms with Crippen LogP contribution in [0.15, 0.2) is 24.3 Å². The van der Waals surface area contributed by atoms with Gasteiger partial charge in [-0.2, -0.15) is 0 Å². The van der Waals surface area contributed by atoms with Crippen LogP contribution in [0.4, 0.5) is 0 Å². The molecule has 0 heterocycles. The van der Waals surface area contributed by atoms with Gasteiger partial charge < -0.3 is 9.47 Å².